The van der Waals surface area contributed by atoms with E-state index in [1.54, 1.807) is 49.4 Å². The van der Waals surface area contributed by atoms with Crippen molar-refractivity contribution < 1.29 is 14.7 Å². The van der Waals surface area contributed by atoms with Gasteiger partial charge >= 0.3 is 5.91 Å². The largest absolute Gasteiger partial charge is 0.505 e. The second kappa shape index (κ2) is 8.58. The molecule has 3 aromatic carbocycles. The third kappa shape index (κ3) is 4.18. The minimum Gasteiger partial charge on any atom is -0.505 e. The molecule has 0 aromatic heterocycles. The van der Waals surface area contributed by atoms with E-state index >= 15 is 0 Å². The van der Waals surface area contributed by atoms with E-state index in [0.29, 0.717) is 33.8 Å². The average molecular weight is 441 g/mol. The van der Waals surface area contributed by atoms with Gasteiger partial charge in [0.2, 0.25) is 5.91 Å². The average Bonchev–Trinajstić information content (AvgIpc) is 3.08. The highest BCUT2D eigenvalue weighted by Gasteiger charge is 2.31. The first-order valence-electron chi connectivity index (χ1n) is 10.3. The van der Waals surface area contributed by atoms with Crippen molar-refractivity contribution in [2.45, 2.75) is 20.8 Å². The molecule has 0 aliphatic carbocycles. The van der Waals surface area contributed by atoms with Crippen molar-refractivity contribution in [3.63, 3.8) is 0 Å². The Morgan fingerprint density at radius 2 is 1.79 bits per heavy atom. The third-order valence-electron chi connectivity index (χ3n) is 5.50. The number of nitrogens with zero attached hydrogens (tertiary/aromatic N) is 3. The highest BCUT2D eigenvalue weighted by atomic mass is 16.3. The highest BCUT2D eigenvalue weighted by molar-refractivity contribution is 6.71. The van der Waals surface area contributed by atoms with Crippen molar-refractivity contribution in [1.29, 1.82) is 0 Å². The molecule has 1 aliphatic heterocycles. The molecule has 8 nitrogen and oxygen atoms in total. The van der Waals surface area contributed by atoms with Crippen LogP contribution in [0.1, 0.15) is 28.4 Å². The van der Waals surface area contributed by atoms with Gasteiger partial charge in [0.25, 0.3) is 0 Å². The number of hydrazone groups is 2. The Bertz CT molecular complexity index is 1340. The van der Waals surface area contributed by atoms with Crippen LogP contribution in [0.25, 0.3) is 11.1 Å². The second-order valence-corrected chi connectivity index (χ2v) is 7.79. The van der Waals surface area contributed by atoms with E-state index < -0.39 is 5.91 Å². The molecule has 4 rings (SSSR count). The normalized spacial score (nSPS) is 14.5. The maximum Gasteiger partial charge on any atom is 0.301 e. The number of benzene rings is 3. The first-order chi connectivity index (χ1) is 15.8. The van der Waals surface area contributed by atoms with Crippen LogP contribution in [0.5, 0.6) is 5.75 Å². The van der Waals surface area contributed by atoms with E-state index in [9.17, 15) is 14.7 Å². The summed E-state index contributed by atoms with van der Waals surface area (Å²) in [5.41, 5.74) is 13.3. The molecule has 33 heavy (non-hydrogen) atoms. The van der Waals surface area contributed by atoms with Gasteiger partial charge in [-0.3, -0.25) is 15.0 Å². The minimum atomic E-state index is -0.556. The van der Waals surface area contributed by atoms with Crippen molar-refractivity contribution in [3.05, 3.63) is 77.4 Å². The molecule has 1 heterocycles. The molecule has 0 bridgehead atoms. The number of para-hydroxylation sites is 1. The van der Waals surface area contributed by atoms with Gasteiger partial charge in [0, 0.05) is 11.1 Å². The summed E-state index contributed by atoms with van der Waals surface area (Å²) in [4.78, 5) is 24.4. The van der Waals surface area contributed by atoms with Gasteiger partial charge < -0.3 is 10.8 Å². The third-order valence-corrected chi connectivity index (χ3v) is 5.50. The number of hydrogen-bond acceptors (Lipinski definition) is 6. The molecule has 2 amide bonds. The maximum atomic E-state index is 12.9. The monoisotopic (exact) mass is 441 g/mol. The predicted octanol–water partition coefficient (Wildman–Crippen LogP) is 3.97. The van der Waals surface area contributed by atoms with Crippen LogP contribution in [0.2, 0.25) is 0 Å². The highest BCUT2D eigenvalue weighted by Crippen LogP contribution is 2.36. The zero-order valence-corrected chi connectivity index (χ0v) is 18.5. The number of primary amides is 1. The molecule has 3 aromatic rings. The van der Waals surface area contributed by atoms with Gasteiger partial charge in [-0.05, 0) is 67.8 Å². The molecule has 0 fully saturated rings. The minimum absolute atomic E-state index is 0.0745. The fourth-order valence-electron chi connectivity index (χ4n) is 3.48. The van der Waals surface area contributed by atoms with Gasteiger partial charge in [0.1, 0.15) is 5.75 Å². The fraction of sp³-hybridized carbons (Fsp3) is 0.120. The topological polar surface area (TPSA) is 120 Å². The first-order valence-corrected chi connectivity index (χ1v) is 10.3. The van der Waals surface area contributed by atoms with Gasteiger partial charge in [0.15, 0.2) is 5.71 Å². The molecule has 8 heteroatoms. The van der Waals surface area contributed by atoms with Gasteiger partial charge in [-0.15, -0.1) is 0 Å². The number of nitrogens with one attached hydrogen (secondary N) is 1. The number of carbonyl (C=O) groups is 2. The number of amides is 2. The predicted molar refractivity (Wildman–Crippen MR) is 130 cm³/mol. The lowest BCUT2D eigenvalue weighted by Gasteiger charge is -2.13. The standard InChI is InChI=1S/C25H23N5O3/c1-14-10-11-19(12-15(14)2)30-25(33)22(16(3)29-30)28-27-21-9-5-8-20(23(21)31)17-6-4-7-18(13-17)24(26)32/h4-13,27,31H,1-3H3,(H2,26,32)/b28-22+. The Morgan fingerprint density at radius 3 is 2.52 bits per heavy atom. The van der Waals surface area contributed by atoms with Crippen molar-refractivity contribution in [2.24, 2.45) is 15.9 Å². The van der Waals surface area contributed by atoms with Crippen molar-refractivity contribution in [3.8, 4) is 16.9 Å². The molecule has 4 N–H and O–H groups in total. The lowest BCUT2D eigenvalue weighted by molar-refractivity contribution is -0.112. The number of phenolic OH excluding ortho intramolecular Hbond substituents is 1. The Morgan fingerprint density at radius 1 is 1.03 bits per heavy atom. The van der Waals surface area contributed by atoms with Crippen LogP contribution in [-0.2, 0) is 4.79 Å². The number of nitrogens with two attached hydrogens (primary N) is 1. The van der Waals surface area contributed by atoms with Crippen LogP contribution < -0.4 is 16.2 Å². The molecule has 166 valence electrons. The van der Waals surface area contributed by atoms with E-state index in [4.69, 9.17) is 5.73 Å². The molecular weight excluding hydrogens is 418 g/mol. The van der Waals surface area contributed by atoms with Crippen LogP contribution in [0, 0.1) is 13.8 Å². The Hall–Kier alpha value is -4.46. The van der Waals surface area contributed by atoms with Crippen molar-refractivity contribution in [2.75, 3.05) is 10.4 Å². The van der Waals surface area contributed by atoms with Crippen molar-refractivity contribution in [1.82, 2.24) is 0 Å². The summed E-state index contributed by atoms with van der Waals surface area (Å²) in [6.45, 7) is 5.67. The van der Waals surface area contributed by atoms with Gasteiger partial charge in [-0.2, -0.15) is 15.2 Å². The number of rotatable bonds is 5. The van der Waals surface area contributed by atoms with Crippen molar-refractivity contribution >= 4 is 34.6 Å². The summed E-state index contributed by atoms with van der Waals surface area (Å²) in [5, 5.41) is 20.7. The maximum absolute atomic E-state index is 12.9. The number of carbonyl (C=O) groups excluding carboxylic acids is 2. The van der Waals surface area contributed by atoms with E-state index in [0.717, 1.165) is 11.1 Å². The number of anilines is 2. The second-order valence-electron chi connectivity index (χ2n) is 7.79. The smallest absolute Gasteiger partial charge is 0.301 e. The lowest BCUT2D eigenvalue weighted by atomic mass is 10.0. The Kier molecular flexibility index (Phi) is 5.66. The number of hydrogen-bond donors (Lipinski definition) is 3. The van der Waals surface area contributed by atoms with Crippen LogP contribution in [0.3, 0.4) is 0 Å². The van der Waals surface area contributed by atoms with Crippen LogP contribution in [0.15, 0.2) is 70.9 Å². The summed E-state index contributed by atoms with van der Waals surface area (Å²) < 4.78 is 0. The van der Waals surface area contributed by atoms with E-state index in [1.165, 1.54) is 5.01 Å². The zero-order chi connectivity index (χ0) is 23.7. The molecular formula is C25H23N5O3. The molecule has 0 radical (unpaired) electrons. The molecule has 0 unspecified atom stereocenters. The molecule has 0 saturated carbocycles. The molecule has 1 aliphatic rings. The number of phenols is 1. The number of aryl methyl sites for hydroxylation is 2. The SMILES string of the molecule is CC1=NN(c2ccc(C)c(C)c2)C(=O)/C1=N/Nc1cccc(-c2cccc(C(N)=O)c2)c1O. The fourth-order valence-corrected chi connectivity index (χ4v) is 3.48. The van der Waals surface area contributed by atoms with Gasteiger partial charge in [-0.25, -0.2) is 0 Å². The summed E-state index contributed by atoms with van der Waals surface area (Å²) in [6, 6.07) is 17.4. The van der Waals surface area contributed by atoms with E-state index in [2.05, 4.69) is 15.6 Å². The quantitative estimate of drug-likeness (QED) is 0.410. The van der Waals surface area contributed by atoms with Crippen LogP contribution >= 0.6 is 0 Å². The molecule has 0 saturated heterocycles. The van der Waals surface area contributed by atoms with E-state index in [1.807, 2.05) is 32.0 Å². The summed E-state index contributed by atoms with van der Waals surface area (Å²) >= 11 is 0. The molecule has 0 atom stereocenters. The molecule has 0 spiro atoms. The van der Waals surface area contributed by atoms with Gasteiger partial charge in [-0.1, -0.05) is 30.3 Å². The van der Waals surface area contributed by atoms with Gasteiger partial charge in [0.05, 0.1) is 17.1 Å². The Labute approximate surface area is 191 Å². The summed E-state index contributed by atoms with van der Waals surface area (Å²) in [5.74, 6) is -0.998. The summed E-state index contributed by atoms with van der Waals surface area (Å²) in [6.07, 6.45) is 0. The van der Waals surface area contributed by atoms with Crippen LogP contribution in [-0.4, -0.2) is 28.3 Å². The van der Waals surface area contributed by atoms with E-state index in [-0.39, 0.29) is 17.4 Å². The lowest BCUT2D eigenvalue weighted by Crippen LogP contribution is -2.28. The zero-order valence-electron chi connectivity index (χ0n) is 18.5. The Balaban J connectivity index is 1.61. The first kappa shape index (κ1) is 21.8. The van der Waals surface area contributed by atoms with Crippen LogP contribution in [0.4, 0.5) is 11.4 Å². The summed E-state index contributed by atoms with van der Waals surface area (Å²) in [7, 11) is 0. The number of aromatic hydroxyl groups is 1.